The molecule has 6 nitrogen and oxygen atoms in total. The highest BCUT2D eigenvalue weighted by Crippen LogP contribution is 2.25. The lowest BCUT2D eigenvalue weighted by atomic mass is 10.2. The maximum atomic E-state index is 12.5. The lowest BCUT2D eigenvalue weighted by molar-refractivity contribution is 0.0462. The van der Waals surface area contributed by atoms with E-state index in [0.29, 0.717) is 29.5 Å². The highest BCUT2D eigenvalue weighted by molar-refractivity contribution is 7.13. The van der Waals surface area contributed by atoms with Crippen molar-refractivity contribution < 1.29 is 18.7 Å². The summed E-state index contributed by atoms with van der Waals surface area (Å²) in [5.74, 6) is 0.492. The molecular formula is C20H16N2O4S2. The minimum absolute atomic E-state index is 0.0212. The zero-order valence-corrected chi connectivity index (χ0v) is 16.6. The van der Waals surface area contributed by atoms with Gasteiger partial charge in [-0.2, -0.15) is 0 Å². The van der Waals surface area contributed by atoms with Gasteiger partial charge in [-0.25, -0.2) is 14.8 Å². The zero-order valence-electron chi connectivity index (χ0n) is 15.0. The fourth-order valence-electron chi connectivity index (χ4n) is 2.49. The number of hydrogen-bond donors (Lipinski definition) is 0. The van der Waals surface area contributed by atoms with E-state index in [1.165, 1.54) is 17.6 Å². The summed E-state index contributed by atoms with van der Waals surface area (Å²) in [7, 11) is 0. The van der Waals surface area contributed by atoms with Crippen LogP contribution in [0, 0.1) is 6.92 Å². The summed E-state index contributed by atoms with van der Waals surface area (Å²) in [6.07, 6.45) is 1.50. The number of carbonyl (C=O) groups is 1. The molecule has 0 fully saturated rings. The molecule has 28 heavy (non-hydrogen) atoms. The monoisotopic (exact) mass is 412 g/mol. The Bertz CT molecular complexity index is 1070. The third-order valence-corrected chi connectivity index (χ3v) is 5.46. The summed E-state index contributed by atoms with van der Waals surface area (Å²) in [4.78, 5) is 22.1. The number of rotatable bonds is 7. The van der Waals surface area contributed by atoms with Crippen LogP contribution in [0.15, 0.2) is 57.8 Å². The molecule has 0 N–H and O–H groups in total. The second-order valence-corrected chi connectivity index (χ2v) is 7.85. The lowest BCUT2D eigenvalue weighted by Gasteiger charge is -2.10. The van der Waals surface area contributed by atoms with E-state index in [9.17, 15) is 4.79 Å². The highest BCUT2D eigenvalue weighted by atomic mass is 32.1. The standard InChI is InChI=1S/C20H16N2O4S2/c1-13-21-15(12-28-13)11-24-17-6-3-2-5-16(17)20(23)26-10-14-9-25-19(22-14)18-7-4-8-27-18/h2-9,12H,10-11H2,1H3. The Labute approximate surface area is 169 Å². The zero-order chi connectivity index (χ0) is 19.3. The number of aromatic nitrogens is 2. The normalized spacial score (nSPS) is 10.8. The van der Waals surface area contributed by atoms with Gasteiger partial charge in [0, 0.05) is 5.38 Å². The third-order valence-electron chi connectivity index (χ3n) is 3.78. The first-order chi connectivity index (χ1) is 13.7. The van der Waals surface area contributed by atoms with Crippen molar-refractivity contribution in [3.63, 3.8) is 0 Å². The first kappa shape index (κ1) is 18.4. The molecule has 0 saturated carbocycles. The third kappa shape index (κ3) is 4.29. The van der Waals surface area contributed by atoms with E-state index >= 15 is 0 Å². The second-order valence-electron chi connectivity index (χ2n) is 5.84. The van der Waals surface area contributed by atoms with Gasteiger partial charge in [-0.15, -0.1) is 22.7 Å². The molecule has 8 heteroatoms. The molecule has 0 aliphatic rings. The molecule has 3 aromatic heterocycles. The van der Waals surface area contributed by atoms with Crippen molar-refractivity contribution in [2.24, 2.45) is 0 Å². The number of esters is 1. The van der Waals surface area contributed by atoms with Gasteiger partial charge in [-0.3, -0.25) is 0 Å². The van der Waals surface area contributed by atoms with Crippen LogP contribution in [0.25, 0.3) is 10.8 Å². The van der Waals surface area contributed by atoms with Crippen LogP contribution in [0.2, 0.25) is 0 Å². The van der Waals surface area contributed by atoms with E-state index in [-0.39, 0.29) is 6.61 Å². The number of thiazole rings is 1. The van der Waals surface area contributed by atoms with E-state index in [2.05, 4.69) is 9.97 Å². The summed E-state index contributed by atoms with van der Waals surface area (Å²) in [5, 5.41) is 4.86. The van der Waals surface area contributed by atoms with Crippen LogP contribution in [0.1, 0.15) is 26.8 Å². The van der Waals surface area contributed by atoms with Crippen molar-refractivity contribution in [1.29, 1.82) is 0 Å². The fraction of sp³-hybridized carbons (Fsp3) is 0.150. The molecule has 0 unspecified atom stereocenters. The van der Waals surface area contributed by atoms with Gasteiger partial charge in [0.25, 0.3) is 0 Å². The van der Waals surface area contributed by atoms with Gasteiger partial charge in [-0.1, -0.05) is 18.2 Å². The van der Waals surface area contributed by atoms with Crippen LogP contribution < -0.4 is 4.74 Å². The number of nitrogens with zero attached hydrogens (tertiary/aromatic N) is 2. The predicted molar refractivity (Wildman–Crippen MR) is 107 cm³/mol. The van der Waals surface area contributed by atoms with E-state index in [4.69, 9.17) is 13.9 Å². The number of carbonyl (C=O) groups excluding carboxylic acids is 1. The number of benzene rings is 1. The molecule has 0 atom stereocenters. The fourth-order valence-corrected chi connectivity index (χ4v) is 3.74. The Morgan fingerprint density at radius 1 is 1.07 bits per heavy atom. The summed E-state index contributed by atoms with van der Waals surface area (Å²) in [6, 6.07) is 10.8. The molecule has 3 heterocycles. The van der Waals surface area contributed by atoms with Crippen molar-refractivity contribution in [3.05, 3.63) is 75.4 Å². The molecule has 0 aliphatic heterocycles. The van der Waals surface area contributed by atoms with Crippen LogP contribution in [0.5, 0.6) is 5.75 Å². The average molecular weight is 412 g/mol. The first-order valence-corrected chi connectivity index (χ1v) is 10.2. The van der Waals surface area contributed by atoms with Gasteiger partial charge in [0.05, 0.1) is 15.6 Å². The quantitative estimate of drug-likeness (QED) is 0.393. The smallest absolute Gasteiger partial charge is 0.342 e. The second kappa shape index (κ2) is 8.37. The van der Waals surface area contributed by atoms with Gasteiger partial charge < -0.3 is 13.9 Å². The van der Waals surface area contributed by atoms with E-state index in [1.54, 1.807) is 29.5 Å². The van der Waals surface area contributed by atoms with Gasteiger partial charge >= 0.3 is 5.97 Å². The maximum absolute atomic E-state index is 12.5. The largest absolute Gasteiger partial charge is 0.486 e. The highest BCUT2D eigenvalue weighted by Gasteiger charge is 2.16. The maximum Gasteiger partial charge on any atom is 0.342 e. The van der Waals surface area contributed by atoms with E-state index in [1.807, 2.05) is 35.9 Å². The summed E-state index contributed by atoms with van der Waals surface area (Å²) in [5.41, 5.74) is 1.74. The first-order valence-electron chi connectivity index (χ1n) is 8.47. The Kier molecular flexibility index (Phi) is 5.50. The summed E-state index contributed by atoms with van der Waals surface area (Å²) < 4.78 is 16.6. The van der Waals surface area contributed by atoms with Crippen molar-refractivity contribution in [2.45, 2.75) is 20.1 Å². The van der Waals surface area contributed by atoms with E-state index in [0.717, 1.165) is 15.6 Å². The Hall–Kier alpha value is -2.97. The Balaban J connectivity index is 1.39. The number of ether oxygens (including phenoxy) is 2. The Morgan fingerprint density at radius 2 is 1.96 bits per heavy atom. The summed E-state index contributed by atoms with van der Waals surface area (Å²) >= 11 is 3.09. The average Bonchev–Trinajstić information content (AvgIpc) is 3.46. The summed E-state index contributed by atoms with van der Waals surface area (Å²) in [6.45, 7) is 2.25. The molecule has 0 saturated heterocycles. The van der Waals surface area contributed by atoms with Gasteiger partial charge in [0.2, 0.25) is 5.89 Å². The number of thiophene rings is 1. The minimum atomic E-state index is -0.481. The molecule has 0 radical (unpaired) electrons. The predicted octanol–water partition coefficient (Wildman–Crippen LogP) is 5.10. The lowest BCUT2D eigenvalue weighted by Crippen LogP contribution is -2.08. The topological polar surface area (TPSA) is 74.5 Å². The van der Waals surface area contributed by atoms with Gasteiger partial charge in [0.1, 0.15) is 36.5 Å². The molecule has 0 bridgehead atoms. The van der Waals surface area contributed by atoms with Gasteiger partial charge in [0.15, 0.2) is 0 Å². The number of oxazole rings is 1. The van der Waals surface area contributed by atoms with E-state index < -0.39 is 5.97 Å². The number of aryl methyl sites for hydroxylation is 1. The van der Waals surface area contributed by atoms with Crippen LogP contribution in [-0.4, -0.2) is 15.9 Å². The molecule has 4 aromatic rings. The minimum Gasteiger partial charge on any atom is -0.486 e. The molecule has 1 aromatic carbocycles. The molecule has 0 amide bonds. The van der Waals surface area contributed by atoms with Crippen molar-refractivity contribution in [2.75, 3.05) is 0 Å². The van der Waals surface area contributed by atoms with Crippen molar-refractivity contribution >= 4 is 28.6 Å². The number of para-hydroxylation sites is 1. The van der Waals surface area contributed by atoms with Gasteiger partial charge in [-0.05, 0) is 30.5 Å². The molecular weight excluding hydrogens is 396 g/mol. The molecule has 142 valence electrons. The van der Waals surface area contributed by atoms with Crippen LogP contribution in [0.3, 0.4) is 0 Å². The molecule has 0 aliphatic carbocycles. The molecule has 4 rings (SSSR count). The van der Waals surface area contributed by atoms with Crippen LogP contribution in [-0.2, 0) is 18.0 Å². The van der Waals surface area contributed by atoms with Crippen molar-refractivity contribution in [3.8, 4) is 16.5 Å². The van der Waals surface area contributed by atoms with Crippen LogP contribution >= 0.6 is 22.7 Å². The number of hydrogen-bond acceptors (Lipinski definition) is 8. The van der Waals surface area contributed by atoms with Crippen LogP contribution in [0.4, 0.5) is 0 Å². The Morgan fingerprint density at radius 3 is 2.75 bits per heavy atom. The SMILES string of the molecule is Cc1nc(COc2ccccc2C(=O)OCc2coc(-c3cccs3)n2)cs1. The van der Waals surface area contributed by atoms with Crippen molar-refractivity contribution in [1.82, 2.24) is 9.97 Å². The molecule has 0 spiro atoms.